The van der Waals surface area contributed by atoms with Crippen molar-refractivity contribution >= 4 is 31.5 Å². The van der Waals surface area contributed by atoms with Gasteiger partial charge in [0.05, 0.1) is 5.41 Å². The molecular weight excluding hydrogens is 771 g/mol. The summed E-state index contributed by atoms with van der Waals surface area (Å²) in [7, 11) is 0. The number of hydrogen-bond donors (Lipinski definition) is 0. The predicted molar refractivity (Wildman–Crippen MR) is 256 cm³/mol. The smallest absolute Gasteiger partial charge is 0.164 e. The van der Waals surface area contributed by atoms with Gasteiger partial charge in [0.2, 0.25) is 0 Å². The third kappa shape index (κ3) is 5.08. The molecule has 0 N–H and O–H groups in total. The SMILES string of the molecule is c1ccc(-c2nc(-c3ccc(-c4ccc(-c5cccc6c5sc5ccccc56)cc4)cc3)nc(-c3cccc4c3C3(c5ccccc5-c5ccccc53)c3ccccc3-4)n2)cc1. The number of rotatable bonds is 5. The molecule has 0 amide bonds. The molecule has 0 saturated carbocycles. The van der Waals surface area contributed by atoms with E-state index in [1.807, 2.05) is 29.5 Å². The molecule has 4 heteroatoms. The summed E-state index contributed by atoms with van der Waals surface area (Å²) in [6.45, 7) is 0. The average molecular weight is 806 g/mol. The molecule has 0 radical (unpaired) electrons. The van der Waals surface area contributed by atoms with Crippen molar-refractivity contribution in [3.05, 3.63) is 235 Å². The molecule has 62 heavy (non-hydrogen) atoms. The van der Waals surface area contributed by atoms with Gasteiger partial charge in [-0.3, -0.25) is 0 Å². The van der Waals surface area contributed by atoms with Crippen LogP contribution >= 0.6 is 11.3 Å². The number of hydrogen-bond acceptors (Lipinski definition) is 4. The molecule has 2 aliphatic carbocycles. The van der Waals surface area contributed by atoms with Crippen molar-refractivity contribution in [3.63, 3.8) is 0 Å². The minimum absolute atomic E-state index is 0.531. The fourth-order valence-corrected chi connectivity index (χ4v) is 11.5. The summed E-state index contributed by atoms with van der Waals surface area (Å²) in [5.41, 5.74) is 17.2. The second kappa shape index (κ2) is 13.6. The Balaban J connectivity index is 0.934. The van der Waals surface area contributed by atoms with E-state index in [9.17, 15) is 0 Å². The van der Waals surface area contributed by atoms with Crippen molar-refractivity contribution in [3.8, 4) is 78.7 Å². The second-order valence-electron chi connectivity index (χ2n) is 16.2. The van der Waals surface area contributed by atoms with Crippen LogP contribution in [-0.4, -0.2) is 15.0 Å². The molecule has 0 atom stereocenters. The van der Waals surface area contributed by atoms with Gasteiger partial charge in [0, 0.05) is 36.9 Å². The summed E-state index contributed by atoms with van der Waals surface area (Å²) < 4.78 is 2.65. The molecule has 1 spiro atoms. The lowest BCUT2D eigenvalue weighted by atomic mass is 9.69. The summed E-state index contributed by atoms with van der Waals surface area (Å²) in [6.07, 6.45) is 0. The normalized spacial score (nSPS) is 13.0. The Kier molecular flexibility index (Phi) is 7.69. The lowest BCUT2D eigenvalue weighted by Gasteiger charge is -2.31. The Hall–Kier alpha value is -7.79. The zero-order chi connectivity index (χ0) is 40.8. The lowest BCUT2D eigenvalue weighted by Crippen LogP contribution is -2.26. The molecule has 0 bridgehead atoms. The molecule has 288 valence electrons. The van der Waals surface area contributed by atoms with E-state index >= 15 is 0 Å². The van der Waals surface area contributed by atoms with Crippen LogP contribution in [0.2, 0.25) is 0 Å². The van der Waals surface area contributed by atoms with E-state index in [0.717, 1.165) is 27.8 Å². The van der Waals surface area contributed by atoms with Crippen LogP contribution in [-0.2, 0) is 5.41 Å². The van der Waals surface area contributed by atoms with E-state index in [0.29, 0.717) is 17.5 Å². The van der Waals surface area contributed by atoms with Crippen LogP contribution in [0.25, 0.3) is 98.8 Å². The van der Waals surface area contributed by atoms with E-state index < -0.39 is 5.41 Å². The largest absolute Gasteiger partial charge is 0.208 e. The lowest BCUT2D eigenvalue weighted by molar-refractivity contribution is 0.794. The van der Waals surface area contributed by atoms with Gasteiger partial charge in [-0.1, -0.05) is 206 Å². The number of thiophene rings is 1. The minimum Gasteiger partial charge on any atom is -0.208 e. The Bertz CT molecular complexity index is 3500. The first kappa shape index (κ1) is 35.0. The summed E-state index contributed by atoms with van der Waals surface area (Å²) in [5.74, 6) is 1.95. The number of fused-ring (bicyclic) bond motifs is 13. The molecule has 13 rings (SSSR count). The van der Waals surface area contributed by atoms with Gasteiger partial charge in [-0.05, 0) is 72.8 Å². The second-order valence-corrected chi connectivity index (χ2v) is 17.3. The number of aromatic nitrogens is 3. The first-order valence-corrected chi connectivity index (χ1v) is 21.9. The van der Waals surface area contributed by atoms with Crippen LogP contribution in [0.4, 0.5) is 0 Å². The molecule has 2 aromatic heterocycles. The van der Waals surface area contributed by atoms with E-state index in [1.165, 1.54) is 75.8 Å². The molecule has 9 aromatic carbocycles. The van der Waals surface area contributed by atoms with Crippen LogP contribution in [0.5, 0.6) is 0 Å². The van der Waals surface area contributed by atoms with Gasteiger partial charge in [0.15, 0.2) is 17.5 Å². The highest BCUT2D eigenvalue weighted by atomic mass is 32.1. The zero-order valence-corrected chi connectivity index (χ0v) is 34.3. The first-order valence-electron chi connectivity index (χ1n) is 21.1. The fourth-order valence-electron chi connectivity index (χ4n) is 10.3. The molecule has 11 aromatic rings. The third-order valence-corrected chi connectivity index (χ3v) is 14.2. The fraction of sp³-hybridized carbons (Fsp3) is 0.0172. The monoisotopic (exact) mass is 805 g/mol. The summed E-state index contributed by atoms with van der Waals surface area (Å²) in [4.78, 5) is 15.8. The summed E-state index contributed by atoms with van der Waals surface area (Å²) >= 11 is 1.87. The van der Waals surface area contributed by atoms with Gasteiger partial charge in [0.25, 0.3) is 0 Å². The molecule has 2 aliphatic rings. The molecule has 0 saturated heterocycles. The van der Waals surface area contributed by atoms with Crippen molar-refractivity contribution in [2.75, 3.05) is 0 Å². The number of benzene rings is 9. The maximum atomic E-state index is 5.37. The predicted octanol–water partition coefficient (Wildman–Crippen LogP) is 14.9. The van der Waals surface area contributed by atoms with Crippen molar-refractivity contribution < 1.29 is 0 Å². The van der Waals surface area contributed by atoms with Gasteiger partial charge >= 0.3 is 0 Å². The van der Waals surface area contributed by atoms with E-state index in [1.54, 1.807) is 0 Å². The van der Waals surface area contributed by atoms with Crippen LogP contribution in [0.1, 0.15) is 22.3 Å². The van der Waals surface area contributed by atoms with Crippen LogP contribution in [0.3, 0.4) is 0 Å². The molecule has 3 nitrogen and oxygen atoms in total. The Morgan fingerprint density at radius 1 is 0.290 bits per heavy atom. The quantitative estimate of drug-likeness (QED) is 0.174. The number of nitrogens with zero attached hydrogens (tertiary/aromatic N) is 3. The Morgan fingerprint density at radius 3 is 1.39 bits per heavy atom. The van der Waals surface area contributed by atoms with Crippen molar-refractivity contribution in [2.24, 2.45) is 0 Å². The van der Waals surface area contributed by atoms with E-state index in [-0.39, 0.29) is 0 Å². The highest BCUT2D eigenvalue weighted by Crippen LogP contribution is 2.64. The summed E-state index contributed by atoms with van der Waals surface area (Å²) in [6, 6.07) is 76.6. The molecular formula is C58H35N3S. The minimum atomic E-state index is -0.531. The zero-order valence-electron chi connectivity index (χ0n) is 33.5. The molecule has 2 heterocycles. The van der Waals surface area contributed by atoms with Crippen LogP contribution in [0, 0.1) is 0 Å². The molecule has 0 fully saturated rings. The van der Waals surface area contributed by atoms with Crippen molar-refractivity contribution in [2.45, 2.75) is 5.41 Å². The topological polar surface area (TPSA) is 38.7 Å². The van der Waals surface area contributed by atoms with Crippen molar-refractivity contribution in [1.29, 1.82) is 0 Å². The highest BCUT2D eigenvalue weighted by Gasteiger charge is 2.52. The van der Waals surface area contributed by atoms with E-state index in [2.05, 4.69) is 194 Å². The Morgan fingerprint density at radius 2 is 0.726 bits per heavy atom. The maximum Gasteiger partial charge on any atom is 0.164 e. The third-order valence-electron chi connectivity index (χ3n) is 13.0. The van der Waals surface area contributed by atoms with Crippen LogP contribution < -0.4 is 0 Å². The van der Waals surface area contributed by atoms with Gasteiger partial charge in [-0.15, -0.1) is 11.3 Å². The summed E-state index contributed by atoms with van der Waals surface area (Å²) in [5, 5.41) is 2.63. The average Bonchev–Trinajstić information content (AvgIpc) is 3.99. The van der Waals surface area contributed by atoms with Crippen molar-refractivity contribution in [1.82, 2.24) is 15.0 Å². The van der Waals surface area contributed by atoms with E-state index in [4.69, 9.17) is 15.0 Å². The Labute approximate surface area is 363 Å². The molecule has 0 aliphatic heterocycles. The molecule has 0 unspecified atom stereocenters. The van der Waals surface area contributed by atoms with Crippen LogP contribution in [0.15, 0.2) is 212 Å². The van der Waals surface area contributed by atoms with Gasteiger partial charge in [-0.25, -0.2) is 15.0 Å². The first-order chi connectivity index (χ1) is 30.7. The standard InChI is InChI=1S/C58H35N3S/c1-2-14-39(15-3-1)55-59-56(40-34-30-37(31-35-40)36-28-32-38(33-29-36)41-20-12-22-47-45-19-7-11-27-52(45)62-54(41)47)61-57(60-55)48-23-13-21-46-44-18-6-10-26-51(44)58(53(46)48)49-24-8-4-16-42(49)43-17-5-9-25-50(43)58/h1-35H. The maximum absolute atomic E-state index is 5.37. The highest BCUT2D eigenvalue weighted by molar-refractivity contribution is 7.26. The van der Waals surface area contributed by atoms with Gasteiger partial charge < -0.3 is 0 Å². The van der Waals surface area contributed by atoms with Gasteiger partial charge in [-0.2, -0.15) is 0 Å². The van der Waals surface area contributed by atoms with Gasteiger partial charge in [0.1, 0.15) is 0 Å².